The van der Waals surface area contributed by atoms with Gasteiger partial charge in [-0.1, -0.05) is 24.3 Å². The number of benzene rings is 2. The van der Waals surface area contributed by atoms with Gasteiger partial charge in [0.15, 0.2) is 0 Å². The number of anilines is 3. The van der Waals surface area contributed by atoms with E-state index in [4.69, 9.17) is 5.73 Å². The minimum absolute atomic E-state index is 0.00995. The van der Waals surface area contributed by atoms with Crippen LogP contribution in [0.2, 0.25) is 0 Å². The highest BCUT2D eigenvalue weighted by Crippen LogP contribution is 2.25. The lowest BCUT2D eigenvalue weighted by Gasteiger charge is -2.12. The Balaban J connectivity index is 1.48. The molecule has 1 amide bonds. The van der Waals surface area contributed by atoms with Crippen molar-refractivity contribution in [2.24, 2.45) is 0 Å². The number of aromatic nitrogens is 4. The summed E-state index contributed by atoms with van der Waals surface area (Å²) in [5, 5.41) is 14.9. The van der Waals surface area contributed by atoms with E-state index in [1.165, 1.54) is 30.9 Å². The summed E-state index contributed by atoms with van der Waals surface area (Å²) in [7, 11) is 0. The normalized spacial score (nSPS) is 10.3. The standard InChI is InChI=1S/C23H17FN8O/c24-17-7-16(9-25)18(32-23(33)21-11-27-5-6-28-21)8-19(17)29-10-14-1-3-15(4-2-14)20-12-31-22(26)13-30-20/h1-8,11-13,29H,10H2,(H2,26,31)(H,32,33). The van der Waals surface area contributed by atoms with Crippen molar-refractivity contribution in [2.75, 3.05) is 16.4 Å². The Morgan fingerprint density at radius 2 is 1.85 bits per heavy atom. The Kier molecular flexibility index (Phi) is 6.13. The smallest absolute Gasteiger partial charge is 0.275 e. The zero-order chi connectivity index (χ0) is 23.2. The molecule has 0 radical (unpaired) electrons. The number of amides is 1. The van der Waals surface area contributed by atoms with Crippen molar-refractivity contribution in [1.29, 1.82) is 5.26 Å². The molecule has 0 aliphatic carbocycles. The SMILES string of the molecule is N#Cc1cc(F)c(NCc2ccc(-c3cnc(N)cn3)cc2)cc1NC(=O)c1cnccn1. The molecule has 2 aromatic carbocycles. The van der Waals surface area contributed by atoms with Crippen molar-refractivity contribution in [3.63, 3.8) is 0 Å². The Morgan fingerprint density at radius 1 is 1.03 bits per heavy atom. The molecule has 0 fully saturated rings. The van der Waals surface area contributed by atoms with Crippen molar-refractivity contribution in [2.45, 2.75) is 6.54 Å². The van der Waals surface area contributed by atoms with E-state index in [9.17, 15) is 14.4 Å². The van der Waals surface area contributed by atoms with E-state index in [0.717, 1.165) is 17.2 Å². The van der Waals surface area contributed by atoms with Crippen molar-refractivity contribution in [3.05, 3.63) is 90.0 Å². The molecule has 4 N–H and O–H groups in total. The van der Waals surface area contributed by atoms with Crippen LogP contribution in [0.5, 0.6) is 0 Å². The van der Waals surface area contributed by atoms with E-state index in [0.29, 0.717) is 18.1 Å². The molecule has 2 aromatic heterocycles. The highest BCUT2D eigenvalue weighted by atomic mass is 19.1. The van der Waals surface area contributed by atoms with Crippen LogP contribution in [-0.4, -0.2) is 25.8 Å². The number of hydrogen-bond acceptors (Lipinski definition) is 8. The molecule has 2 heterocycles. The van der Waals surface area contributed by atoms with Gasteiger partial charge in [0.05, 0.1) is 41.2 Å². The quantitative estimate of drug-likeness (QED) is 0.414. The summed E-state index contributed by atoms with van der Waals surface area (Å²) in [6.45, 7) is 0.314. The first-order valence-electron chi connectivity index (χ1n) is 9.75. The van der Waals surface area contributed by atoms with Crippen LogP contribution >= 0.6 is 0 Å². The average molecular weight is 440 g/mol. The summed E-state index contributed by atoms with van der Waals surface area (Å²) in [6.07, 6.45) is 7.18. The number of nitrogen functional groups attached to an aromatic ring is 1. The second-order valence-electron chi connectivity index (χ2n) is 6.91. The lowest BCUT2D eigenvalue weighted by atomic mass is 10.1. The minimum Gasteiger partial charge on any atom is -0.382 e. The molecule has 0 spiro atoms. The fourth-order valence-corrected chi connectivity index (χ4v) is 2.99. The van der Waals surface area contributed by atoms with Crippen LogP contribution in [0.4, 0.5) is 21.6 Å². The van der Waals surface area contributed by atoms with Gasteiger partial charge in [-0.15, -0.1) is 0 Å². The molecule has 0 aliphatic heterocycles. The first-order chi connectivity index (χ1) is 16.0. The van der Waals surface area contributed by atoms with Crippen LogP contribution in [0, 0.1) is 17.1 Å². The molecule has 0 atom stereocenters. The Morgan fingerprint density at radius 3 is 2.52 bits per heavy atom. The molecule has 0 bridgehead atoms. The van der Waals surface area contributed by atoms with E-state index in [2.05, 4.69) is 30.6 Å². The lowest BCUT2D eigenvalue weighted by molar-refractivity contribution is 0.102. The van der Waals surface area contributed by atoms with E-state index < -0.39 is 11.7 Å². The summed E-state index contributed by atoms with van der Waals surface area (Å²) in [6, 6.07) is 11.8. The van der Waals surface area contributed by atoms with Gasteiger partial charge in [-0.3, -0.25) is 14.8 Å². The number of carbonyl (C=O) groups is 1. The third kappa shape index (κ3) is 5.05. The summed E-state index contributed by atoms with van der Waals surface area (Å²) in [5.41, 5.74) is 8.36. The average Bonchev–Trinajstić information content (AvgIpc) is 2.85. The predicted octanol–water partition coefficient (Wildman–Crippen LogP) is 3.39. The van der Waals surface area contributed by atoms with Gasteiger partial charge in [-0.05, 0) is 17.7 Å². The molecule has 4 aromatic rings. The Hall–Kier alpha value is -4.91. The van der Waals surface area contributed by atoms with Crippen molar-refractivity contribution in [1.82, 2.24) is 19.9 Å². The number of halogens is 1. The van der Waals surface area contributed by atoms with Crippen LogP contribution in [-0.2, 0) is 6.54 Å². The zero-order valence-electron chi connectivity index (χ0n) is 17.2. The summed E-state index contributed by atoms with van der Waals surface area (Å²) < 4.78 is 14.5. The molecule has 4 rings (SSSR count). The fourth-order valence-electron chi connectivity index (χ4n) is 2.99. The lowest BCUT2D eigenvalue weighted by Crippen LogP contribution is -2.15. The zero-order valence-corrected chi connectivity index (χ0v) is 17.2. The number of nitrogens with one attached hydrogen (secondary N) is 2. The minimum atomic E-state index is -0.613. The maximum absolute atomic E-state index is 14.5. The number of nitriles is 1. The van der Waals surface area contributed by atoms with Crippen LogP contribution in [0.3, 0.4) is 0 Å². The molecule has 0 aliphatic rings. The highest BCUT2D eigenvalue weighted by molar-refractivity contribution is 6.03. The topological polar surface area (TPSA) is 142 Å². The van der Waals surface area contributed by atoms with Gasteiger partial charge in [0.1, 0.15) is 23.4 Å². The van der Waals surface area contributed by atoms with Gasteiger partial charge in [-0.25, -0.2) is 14.4 Å². The number of nitrogens with zero attached hydrogens (tertiary/aromatic N) is 5. The Labute approximate surface area is 188 Å². The van der Waals surface area contributed by atoms with Crippen LogP contribution in [0.15, 0.2) is 67.4 Å². The Bertz CT molecular complexity index is 1320. The largest absolute Gasteiger partial charge is 0.382 e. The molecule has 0 unspecified atom stereocenters. The van der Waals surface area contributed by atoms with Gasteiger partial charge in [0, 0.05) is 24.5 Å². The van der Waals surface area contributed by atoms with Gasteiger partial charge in [0.2, 0.25) is 0 Å². The van der Waals surface area contributed by atoms with Crippen LogP contribution < -0.4 is 16.4 Å². The molecule has 10 heteroatoms. The van der Waals surface area contributed by atoms with E-state index in [-0.39, 0.29) is 22.6 Å². The molecule has 33 heavy (non-hydrogen) atoms. The van der Waals surface area contributed by atoms with Gasteiger partial charge in [0.25, 0.3) is 5.91 Å². The number of nitrogens with two attached hydrogens (primary N) is 1. The third-order valence-corrected chi connectivity index (χ3v) is 4.68. The maximum Gasteiger partial charge on any atom is 0.275 e. The predicted molar refractivity (Wildman–Crippen MR) is 120 cm³/mol. The van der Waals surface area contributed by atoms with Gasteiger partial charge in [-0.2, -0.15) is 5.26 Å². The molecule has 0 saturated carbocycles. The van der Waals surface area contributed by atoms with Crippen LogP contribution in [0.25, 0.3) is 11.3 Å². The first-order valence-corrected chi connectivity index (χ1v) is 9.75. The second kappa shape index (κ2) is 9.49. The fraction of sp³-hybridized carbons (Fsp3) is 0.0435. The first kappa shape index (κ1) is 21.3. The van der Waals surface area contributed by atoms with Gasteiger partial charge >= 0.3 is 0 Å². The number of rotatable bonds is 6. The van der Waals surface area contributed by atoms with E-state index >= 15 is 0 Å². The summed E-state index contributed by atoms with van der Waals surface area (Å²) in [4.78, 5) is 28.4. The molecule has 9 nitrogen and oxygen atoms in total. The number of hydrogen-bond donors (Lipinski definition) is 3. The van der Waals surface area contributed by atoms with E-state index in [1.54, 1.807) is 6.20 Å². The highest BCUT2D eigenvalue weighted by Gasteiger charge is 2.14. The molecule has 162 valence electrons. The van der Waals surface area contributed by atoms with Crippen LogP contribution in [0.1, 0.15) is 21.6 Å². The third-order valence-electron chi connectivity index (χ3n) is 4.68. The van der Waals surface area contributed by atoms with Crippen molar-refractivity contribution in [3.8, 4) is 17.3 Å². The van der Waals surface area contributed by atoms with Crippen molar-refractivity contribution >= 4 is 23.1 Å². The summed E-state index contributed by atoms with van der Waals surface area (Å²) >= 11 is 0. The van der Waals surface area contributed by atoms with Crippen molar-refractivity contribution < 1.29 is 9.18 Å². The number of carbonyl (C=O) groups excluding carboxylic acids is 1. The molecular formula is C23H17FN8O. The van der Waals surface area contributed by atoms with Gasteiger partial charge < -0.3 is 16.4 Å². The van der Waals surface area contributed by atoms with E-state index in [1.807, 2.05) is 30.3 Å². The second-order valence-corrected chi connectivity index (χ2v) is 6.91. The summed E-state index contributed by atoms with van der Waals surface area (Å²) in [5.74, 6) is -0.826. The molecule has 0 saturated heterocycles. The maximum atomic E-state index is 14.5. The monoisotopic (exact) mass is 440 g/mol. The molecular weight excluding hydrogens is 423 g/mol.